The molecule has 0 fully saturated rings. The molecule has 0 radical (unpaired) electrons. The lowest BCUT2D eigenvalue weighted by Crippen LogP contribution is -2.32. The predicted molar refractivity (Wildman–Crippen MR) is 71.8 cm³/mol. The van der Waals surface area contributed by atoms with Gasteiger partial charge in [0.1, 0.15) is 12.2 Å². The van der Waals surface area contributed by atoms with Crippen molar-refractivity contribution in [2.45, 2.75) is 32.3 Å². The fourth-order valence-corrected chi connectivity index (χ4v) is 2.61. The normalized spacial score (nSPS) is 18.4. The molecule has 1 N–H and O–H groups in total. The molecule has 1 aliphatic heterocycles. The number of aliphatic hydroxyl groups is 1. The number of aryl methyl sites for hydroxylation is 1. The zero-order chi connectivity index (χ0) is 13.8. The van der Waals surface area contributed by atoms with Gasteiger partial charge in [-0.05, 0) is 32.4 Å². The molecule has 0 amide bonds. The Hall–Kier alpha value is -1.81. The molecule has 0 bridgehead atoms. The summed E-state index contributed by atoms with van der Waals surface area (Å²) in [6.45, 7) is 5.50. The topological polar surface area (TPSA) is 59.7 Å². The van der Waals surface area contributed by atoms with Crippen molar-refractivity contribution in [2.75, 3.05) is 6.61 Å². The van der Waals surface area contributed by atoms with Crippen LogP contribution in [-0.4, -0.2) is 17.3 Å². The molecule has 4 nitrogen and oxygen atoms in total. The van der Waals surface area contributed by atoms with Gasteiger partial charge in [0.2, 0.25) is 5.43 Å². The molecule has 0 aliphatic carbocycles. The van der Waals surface area contributed by atoms with E-state index in [1.165, 1.54) is 0 Å². The third-order valence-corrected chi connectivity index (χ3v) is 3.71. The van der Waals surface area contributed by atoms with Gasteiger partial charge in [-0.25, -0.2) is 0 Å². The summed E-state index contributed by atoms with van der Waals surface area (Å²) >= 11 is 0. The highest BCUT2D eigenvalue weighted by atomic mass is 16.6. The lowest BCUT2D eigenvalue weighted by atomic mass is 9.86. The molecule has 2 heterocycles. The fraction of sp³-hybridized carbons (Fsp3) is 0.400. The summed E-state index contributed by atoms with van der Waals surface area (Å²) in [5.74, 6) is -0.113. The van der Waals surface area contributed by atoms with Crippen LogP contribution in [0, 0.1) is 6.92 Å². The monoisotopic (exact) mass is 260 g/mol. The molecule has 1 aromatic carbocycles. The minimum Gasteiger partial charge on any atom is -0.464 e. The highest BCUT2D eigenvalue weighted by Crippen LogP contribution is 2.39. The minimum absolute atomic E-state index is 0.0982. The second kappa shape index (κ2) is 3.84. The van der Waals surface area contributed by atoms with E-state index < -0.39 is 5.60 Å². The zero-order valence-corrected chi connectivity index (χ0v) is 11.2. The third kappa shape index (κ3) is 1.75. The van der Waals surface area contributed by atoms with Crippen molar-refractivity contribution in [1.29, 1.82) is 0 Å². The third-order valence-electron chi connectivity index (χ3n) is 3.71. The van der Waals surface area contributed by atoms with Gasteiger partial charge in [-0.2, -0.15) is 0 Å². The van der Waals surface area contributed by atoms with Crippen molar-refractivity contribution < 1.29 is 14.3 Å². The highest BCUT2D eigenvalue weighted by Gasteiger charge is 2.40. The van der Waals surface area contributed by atoms with E-state index >= 15 is 0 Å². The molecule has 0 spiro atoms. The van der Waals surface area contributed by atoms with Crippen molar-refractivity contribution in [3.05, 3.63) is 39.5 Å². The zero-order valence-electron chi connectivity index (χ0n) is 11.2. The van der Waals surface area contributed by atoms with Crippen LogP contribution in [-0.2, 0) is 0 Å². The van der Waals surface area contributed by atoms with Crippen molar-refractivity contribution in [3.8, 4) is 5.95 Å². The first-order valence-corrected chi connectivity index (χ1v) is 6.31. The van der Waals surface area contributed by atoms with Crippen LogP contribution in [0.4, 0.5) is 0 Å². The first kappa shape index (κ1) is 12.2. The molecule has 0 saturated carbocycles. The number of benzene rings is 1. The van der Waals surface area contributed by atoms with Crippen LogP contribution in [0.15, 0.2) is 27.4 Å². The largest absolute Gasteiger partial charge is 0.464 e. The Morgan fingerprint density at radius 1 is 1.37 bits per heavy atom. The first-order valence-electron chi connectivity index (χ1n) is 6.31. The number of hydrogen-bond donors (Lipinski definition) is 1. The molecule has 100 valence electrons. The van der Waals surface area contributed by atoms with Gasteiger partial charge in [-0.1, -0.05) is 12.1 Å². The minimum atomic E-state index is -1.02. The predicted octanol–water partition coefficient (Wildman–Crippen LogP) is 2.35. The number of rotatable bonds is 1. The second-order valence-corrected chi connectivity index (χ2v) is 5.60. The standard InChI is InChI=1S/C15H16O4/c1-8-5-4-6-10-11(8)13(16)12-9(15(2,3)17)7-18-14(12)19-10/h4-6,9,17H,7H2,1-3H3. The van der Waals surface area contributed by atoms with Gasteiger partial charge in [-0.15, -0.1) is 0 Å². The van der Waals surface area contributed by atoms with E-state index in [0.717, 1.165) is 5.56 Å². The molecule has 1 unspecified atom stereocenters. The highest BCUT2D eigenvalue weighted by molar-refractivity contribution is 5.81. The molecule has 0 saturated heterocycles. The maximum Gasteiger partial charge on any atom is 0.292 e. The van der Waals surface area contributed by atoms with Gasteiger partial charge in [0.05, 0.1) is 22.5 Å². The van der Waals surface area contributed by atoms with Gasteiger partial charge in [0.15, 0.2) is 0 Å². The summed E-state index contributed by atoms with van der Waals surface area (Å²) in [6, 6.07) is 5.47. The van der Waals surface area contributed by atoms with E-state index in [2.05, 4.69) is 0 Å². The maximum absolute atomic E-state index is 12.6. The van der Waals surface area contributed by atoms with E-state index in [0.29, 0.717) is 16.5 Å². The van der Waals surface area contributed by atoms with Gasteiger partial charge < -0.3 is 14.3 Å². The van der Waals surface area contributed by atoms with E-state index in [1.807, 2.05) is 19.1 Å². The van der Waals surface area contributed by atoms with E-state index in [-0.39, 0.29) is 23.9 Å². The van der Waals surface area contributed by atoms with Crippen molar-refractivity contribution >= 4 is 11.0 Å². The Morgan fingerprint density at radius 3 is 2.79 bits per heavy atom. The summed E-state index contributed by atoms with van der Waals surface area (Å²) < 4.78 is 11.1. The Bertz CT molecular complexity index is 706. The Balaban J connectivity index is 2.36. The van der Waals surface area contributed by atoms with Crippen molar-refractivity contribution in [1.82, 2.24) is 0 Å². The van der Waals surface area contributed by atoms with E-state index in [1.54, 1.807) is 19.9 Å². The molecule has 1 aromatic heterocycles. The lowest BCUT2D eigenvalue weighted by molar-refractivity contribution is 0.0413. The van der Waals surface area contributed by atoms with E-state index in [9.17, 15) is 9.90 Å². The van der Waals surface area contributed by atoms with Crippen molar-refractivity contribution in [2.24, 2.45) is 0 Å². The van der Waals surface area contributed by atoms with Crippen LogP contribution in [0.5, 0.6) is 5.95 Å². The lowest BCUT2D eigenvalue weighted by Gasteiger charge is -2.23. The number of fused-ring (bicyclic) bond motifs is 2. The van der Waals surface area contributed by atoms with Gasteiger partial charge in [0, 0.05) is 0 Å². The van der Waals surface area contributed by atoms with Crippen molar-refractivity contribution in [3.63, 3.8) is 0 Å². The van der Waals surface area contributed by atoms with Crippen LogP contribution >= 0.6 is 0 Å². The first-order chi connectivity index (χ1) is 8.89. The quantitative estimate of drug-likeness (QED) is 0.855. The molecular weight excluding hydrogens is 244 g/mol. The summed E-state index contributed by atoms with van der Waals surface area (Å²) in [5.41, 5.74) is 0.736. The van der Waals surface area contributed by atoms with E-state index in [4.69, 9.17) is 9.15 Å². The molecule has 1 aliphatic rings. The number of hydrogen-bond acceptors (Lipinski definition) is 4. The van der Waals surface area contributed by atoms with Crippen LogP contribution in [0.3, 0.4) is 0 Å². The average molecular weight is 260 g/mol. The average Bonchev–Trinajstić information content (AvgIpc) is 2.72. The maximum atomic E-state index is 12.6. The van der Waals surface area contributed by atoms with Gasteiger partial charge in [-0.3, -0.25) is 4.79 Å². The van der Waals surface area contributed by atoms with Crippen LogP contribution in [0.25, 0.3) is 11.0 Å². The van der Waals surface area contributed by atoms with Crippen LogP contribution < -0.4 is 10.2 Å². The SMILES string of the molecule is Cc1cccc2oc3c(c(=O)c12)C(C(C)(C)O)CO3. The molecule has 19 heavy (non-hydrogen) atoms. The number of ether oxygens (including phenoxy) is 1. The Morgan fingerprint density at radius 2 is 2.11 bits per heavy atom. The van der Waals surface area contributed by atoms with Gasteiger partial charge >= 0.3 is 0 Å². The summed E-state index contributed by atoms with van der Waals surface area (Å²) in [4.78, 5) is 12.6. The summed E-state index contributed by atoms with van der Waals surface area (Å²) in [5, 5.41) is 10.7. The molecule has 3 rings (SSSR count). The summed E-state index contributed by atoms with van der Waals surface area (Å²) in [6.07, 6.45) is 0. The smallest absolute Gasteiger partial charge is 0.292 e. The molecular formula is C15H16O4. The molecule has 2 aromatic rings. The fourth-order valence-electron chi connectivity index (χ4n) is 2.61. The van der Waals surface area contributed by atoms with Crippen LogP contribution in [0.2, 0.25) is 0 Å². The molecule has 1 atom stereocenters. The molecule has 4 heteroatoms. The summed E-state index contributed by atoms with van der Waals surface area (Å²) in [7, 11) is 0. The Kier molecular flexibility index (Phi) is 2.47. The second-order valence-electron chi connectivity index (χ2n) is 5.60. The van der Waals surface area contributed by atoms with Gasteiger partial charge in [0.25, 0.3) is 5.95 Å². The van der Waals surface area contributed by atoms with Crippen LogP contribution in [0.1, 0.15) is 30.9 Å². The Labute approximate surface area is 110 Å².